The second kappa shape index (κ2) is 11.4. The van der Waals surface area contributed by atoms with Crippen molar-refractivity contribution in [3.8, 4) is 0 Å². The molecule has 0 bridgehead atoms. The summed E-state index contributed by atoms with van der Waals surface area (Å²) in [7, 11) is 0. The number of amides is 2. The molecule has 1 heterocycles. The predicted molar refractivity (Wildman–Crippen MR) is 191 cm³/mol. The second-order valence-electron chi connectivity index (χ2n) is 20.9. The zero-order valence-corrected chi connectivity index (χ0v) is 32.7. The summed E-state index contributed by atoms with van der Waals surface area (Å²) < 4.78 is 11.7. The molecule has 0 aromatic heterocycles. The Labute approximate surface area is 297 Å². The normalized spacial score (nSPS) is 45.3. The number of rotatable bonds is 3. The molecule has 6 saturated carbocycles. The second-order valence-corrected chi connectivity index (χ2v) is 20.9. The molecule has 7 rings (SSSR count). The van der Waals surface area contributed by atoms with Gasteiger partial charge in [0.05, 0.1) is 5.41 Å². The van der Waals surface area contributed by atoms with E-state index in [2.05, 4.69) is 46.4 Å². The van der Waals surface area contributed by atoms with Gasteiger partial charge in [0.2, 0.25) is 5.91 Å². The Morgan fingerprint density at radius 3 is 1.92 bits per heavy atom. The topological polar surface area (TPSA) is 76.2 Å². The van der Waals surface area contributed by atoms with Crippen LogP contribution in [0.25, 0.3) is 0 Å². The van der Waals surface area contributed by atoms with E-state index in [4.69, 9.17) is 9.47 Å². The highest BCUT2D eigenvalue weighted by atomic mass is 16.6. The number of fused-ring (bicyclic) bond motifs is 7. The van der Waals surface area contributed by atoms with Gasteiger partial charge in [-0.15, -0.1) is 0 Å². The zero-order chi connectivity index (χ0) is 35.6. The van der Waals surface area contributed by atoms with Gasteiger partial charge >= 0.3 is 12.1 Å². The predicted octanol–water partition coefficient (Wildman–Crippen LogP) is 8.88. The van der Waals surface area contributed by atoms with Crippen LogP contribution in [-0.2, 0) is 19.1 Å². The van der Waals surface area contributed by atoms with Gasteiger partial charge in [-0.05, 0) is 149 Å². The lowest BCUT2D eigenvalue weighted by atomic mass is 9.32. The van der Waals surface area contributed by atoms with Gasteiger partial charge in [0.1, 0.15) is 11.7 Å². The number of carbonyl (C=O) groups is 3. The highest BCUT2D eigenvalue weighted by Crippen LogP contribution is 2.79. The maximum atomic E-state index is 15.1. The van der Waals surface area contributed by atoms with Crippen LogP contribution < -0.4 is 0 Å². The fourth-order valence-corrected chi connectivity index (χ4v) is 14.4. The fraction of sp³-hybridized carbons (Fsp3) is 0.929. The molecule has 1 saturated heterocycles. The largest absolute Gasteiger partial charge is 0.462 e. The molecule has 276 valence electrons. The molecule has 0 aromatic carbocycles. The van der Waals surface area contributed by atoms with Crippen LogP contribution in [0, 0.1) is 62.1 Å². The first-order chi connectivity index (χ1) is 22.7. The molecule has 10 unspecified atom stereocenters. The van der Waals surface area contributed by atoms with E-state index >= 15 is 4.79 Å². The van der Waals surface area contributed by atoms with Gasteiger partial charge in [0.15, 0.2) is 0 Å². The minimum absolute atomic E-state index is 0.00482. The molecule has 49 heavy (non-hydrogen) atoms. The molecule has 10 atom stereocenters. The average Bonchev–Trinajstić information content (AvgIpc) is 3.62. The van der Waals surface area contributed by atoms with Gasteiger partial charge in [-0.3, -0.25) is 9.59 Å². The quantitative estimate of drug-likeness (QED) is 0.279. The Balaban J connectivity index is 1.16. The summed E-state index contributed by atoms with van der Waals surface area (Å²) in [6, 6.07) is 0. The van der Waals surface area contributed by atoms with E-state index < -0.39 is 5.60 Å². The lowest BCUT2D eigenvalue weighted by Crippen LogP contribution is -2.68. The standard InChI is InChI=1S/C42H68N2O5/c1-27(45)48-32-15-16-39(8)30(37(32,5)6)14-17-41(10)31(39)12-11-29-33-28(38(7)19-20-38)13-18-42(33,22-21-40(29,41)9)34(46)43-23-25-44(26-24-43)35(47)49-36(2,3)4/h28-33H,11-26H2,1-10H3. The third-order valence-corrected chi connectivity index (χ3v) is 17.3. The molecule has 2 amide bonds. The van der Waals surface area contributed by atoms with Crippen molar-refractivity contribution in [2.45, 2.75) is 158 Å². The molecular formula is C42H68N2O5. The van der Waals surface area contributed by atoms with Crippen molar-refractivity contribution in [1.82, 2.24) is 9.80 Å². The van der Waals surface area contributed by atoms with Crippen LogP contribution in [0.5, 0.6) is 0 Å². The van der Waals surface area contributed by atoms with Crippen molar-refractivity contribution >= 4 is 18.0 Å². The van der Waals surface area contributed by atoms with Gasteiger partial charge in [0.25, 0.3) is 0 Å². The monoisotopic (exact) mass is 681 g/mol. The molecule has 7 nitrogen and oxygen atoms in total. The number of hydrogen-bond donors (Lipinski definition) is 0. The van der Waals surface area contributed by atoms with Crippen LogP contribution in [0.15, 0.2) is 0 Å². The summed E-state index contributed by atoms with van der Waals surface area (Å²) in [6.45, 7) is 24.9. The molecule has 7 fully saturated rings. The number of ether oxygens (including phenoxy) is 2. The molecule has 0 radical (unpaired) electrons. The van der Waals surface area contributed by atoms with E-state index in [0.29, 0.717) is 67.1 Å². The van der Waals surface area contributed by atoms with E-state index in [-0.39, 0.29) is 45.2 Å². The van der Waals surface area contributed by atoms with Gasteiger partial charge in [-0.2, -0.15) is 0 Å². The Bertz CT molecular complexity index is 1360. The van der Waals surface area contributed by atoms with Crippen LogP contribution in [0.3, 0.4) is 0 Å². The minimum Gasteiger partial charge on any atom is -0.462 e. The number of piperazine rings is 1. The summed E-state index contributed by atoms with van der Waals surface area (Å²) in [4.78, 5) is 44.0. The summed E-state index contributed by atoms with van der Waals surface area (Å²) in [5.41, 5.74) is 0.252. The van der Waals surface area contributed by atoms with Crippen molar-refractivity contribution in [2.24, 2.45) is 62.1 Å². The Morgan fingerprint density at radius 1 is 0.653 bits per heavy atom. The number of hydrogen-bond acceptors (Lipinski definition) is 5. The molecule has 0 aromatic rings. The highest BCUT2D eigenvalue weighted by Gasteiger charge is 2.73. The summed E-state index contributed by atoms with van der Waals surface area (Å²) in [5.74, 6) is 3.12. The Hall–Kier alpha value is -1.79. The third kappa shape index (κ3) is 5.25. The smallest absolute Gasteiger partial charge is 0.410 e. The van der Waals surface area contributed by atoms with Crippen LogP contribution in [-0.4, -0.2) is 65.7 Å². The van der Waals surface area contributed by atoms with Crippen molar-refractivity contribution < 1.29 is 23.9 Å². The SMILES string of the molecule is CC(=O)OC1CCC2(C)C(CCC3(C)C2CCC2C4C(C5(C)CC5)CCC4(C(=O)N4CCN(C(=O)OC(C)(C)C)CC4)CCC23C)C1(C)C. The van der Waals surface area contributed by atoms with Gasteiger partial charge in [0, 0.05) is 38.5 Å². The fourth-order valence-electron chi connectivity index (χ4n) is 14.4. The maximum absolute atomic E-state index is 15.1. The number of nitrogens with zero attached hydrogens (tertiary/aromatic N) is 2. The molecule has 7 heteroatoms. The van der Waals surface area contributed by atoms with Gasteiger partial charge < -0.3 is 19.3 Å². The first kappa shape index (κ1) is 35.6. The molecule has 6 aliphatic carbocycles. The van der Waals surface area contributed by atoms with Crippen LogP contribution in [0.4, 0.5) is 4.79 Å². The first-order valence-corrected chi connectivity index (χ1v) is 20.2. The summed E-state index contributed by atoms with van der Waals surface area (Å²) in [6.07, 6.45) is 13.8. The van der Waals surface area contributed by atoms with E-state index in [1.54, 1.807) is 11.8 Å². The molecular weight excluding hydrogens is 612 g/mol. The Morgan fingerprint density at radius 2 is 1.31 bits per heavy atom. The van der Waals surface area contributed by atoms with E-state index in [1.165, 1.54) is 44.9 Å². The minimum atomic E-state index is -0.519. The van der Waals surface area contributed by atoms with Crippen LogP contribution in [0.1, 0.15) is 146 Å². The van der Waals surface area contributed by atoms with Gasteiger partial charge in [-0.1, -0.05) is 41.5 Å². The van der Waals surface area contributed by atoms with E-state index in [1.807, 2.05) is 20.8 Å². The number of carbonyl (C=O) groups excluding carboxylic acids is 3. The third-order valence-electron chi connectivity index (χ3n) is 17.3. The maximum Gasteiger partial charge on any atom is 0.410 e. The van der Waals surface area contributed by atoms with Crippen LogP contribution in [0.2, 0.25) is 0 Å². The molecule has 0 spiro atoms. The van der Waals surface area contributed by atoms with Crippen molar-refractivity contribution in [3.63, 3.8) is 0 Å². The van der Waals surface area contributed by atoms with Crippen LogP contribution >= 0.6 is 0 Å². The molecule has 0 N–H and O–H groups in total. The molecule has 1 aliphatic heterocycles. The lowest BCUT2D eigenvalue weighted by molar-refractivity contribution is -0.251. The van der Waals surface area contributed by atoms with Crippen molar-refractivity contribution in [2.75, 3.05) is 26.2 Å². The molecule has 7 aliphatic rings. The van der Waals surface area contributed by atoms with E-state index in [0.717, 1.165) is 32.1 Å². The van der Waals surface area contributed by atoms with Crippen molar-refractivity contribution in [3.05, 3.63) is 0 Å². The Kier molecular flexibility index (Phi) is 8.25. The lowest BCUT2D eigenvalue weighted by Gasteiger charge is -2.73. The summed E-state index contributed by atoms with van der Waals surface area (Å²) >= 11 is 0. The average molecular weight is 681 g/mol. The number of esters is 1. The summed E-state index contributed by atoms with van der Waals surface area (Å²) in [5, 5.41) is 0. The van der Waals surface area contributed by atoms with Crippen molar-refractivity contribution in [1.29, 1.82) is 0 Å². The highest BCUT2D eigenvalue weighted by molar-refractivity contribution is 5.84. The first-order valence-electron chi connectivity index (χ1n) is 20.2. The van der Waals surface area contributed by atoms with Gasteiger partial charge in [-0.25, -0.2) is 4.79 Å². The van der Waals surface area contributed by atoms with E-state index in [9.17, 15) is 9.59 Å². The zero-order valence-electron chi connectivity index (χ0n) is 32.7.